The first kappa shape index (κ1) is 22.5. The van der Waals surface area contributed by atoms with E-state index in [1.54, 1.807) is 6.92 Å². The Morgan fingerprint density at radius 2 is 1.71 bits per heavy atom. The van der Waals surface area contributed by atoms with Crippen molar-refractivity contribution in [2.24, 2.45) is 34.5 Å². The summed E-state index contributed by atoms with van der Waals surface area (Å²) in [5, 5.41) is 11.4. The summed E-state index contributed by atoms with van der Waals surface area (Å²) in [5.74, 6) is -0.423. The zero-order chi connectivity index (χ0) is 22.7. The number of ketones is 1. The molecule has 9 atom stereocenters. The van der Waals surface area contributed by atoms with Crippen LogP contribution in [0.15, 0.2) is 11.6 Å². The van der Waals surface area contributed by atoms with Gasteiger partial charge in [-0.1, -0.05) is 25.5 Å². The van der Waals surface area contributed by atoms with E-state index in [1.807, 2.05) is 6.08 Å². The van der Waals surface area contributed by atoms with E-state index in [9.17, 15) is 19.5 Å². The number of hydrogen-bond donors (Lipinski definition) is 1. The van der Waals surface area contributed by atoms with Crippen molar-refractivity contribution in [2.45, 2.75) is 91.5 Å². The quantitative estimate of drug-likeness (QED) is 0.541. The summed E-state index contributed by atoms with van der Waals surface area (Å²) < 4.78 is 11.3. The Morgan fingerprint density at radius 3 is 2.32 bits per heavy atom. The third kappa shape index (κ3) is 3.55. The summed E-state index contributed by atoms with van der Waals surface area (Å²) in [5.41, 5.74) is 0.842. The van der Waals surface area contributed by atoms with Crippen LogP contribution in [0.1, 0.15) is 73.1 Å². The highest BCUT2D eigenvalue weighted by Crippen LogP contribution is 2.66. The van der Waals surface area contributed by atoms with Crippen molar-refractivity contribution in [2.75, 3.05) is 0 Å². The van der Waals surface area contributed by atoms with Crippen molar-refractivity contribution in [3.05, 3.63) is 11.6 Å². The van der Waals surface area contributed by atoms with Crippen molar-refractivity contribution in [1.82, 2.24) is 0 Å². The standard InChI is InChI=1S/C25H36O6/c1-13(26)19-12-21(31-15(3)28)23-22-18(7-9-25(19,23)5)24(4)8-6-17(30-14(2)27)10-16(24)11-20(22)29/h11,17-23,29H,6-10,12H2,1-5H3/t17-,18-,19+,20+,21-,22-,23-,24-,25+/m0/s1. The van der Waals surface area contributed by atoms with Gasteiger partial charge in [-0.05, 0) is 61.7 Å². The molecule has 3 fully saturated rings. The van der Waals surface area contributed by atoms with E-state index in [1.165, 1.54) is 19.4 Å². The number of fused-ring (bicyclic) bond motifs is 5. The van der Waals surface area contributed by atoms with Gasteiger partial charge in [-0.2, -0.15) is 0 Å². The van der Waals surface area contributed by atoms with Crippen molar-refractivity contribution in [3.63, 3.8) is 0 Å². The van der Waals surface area contributed by atoms with Gasteiger partial charge >= 0.3 is 11.9 Å². The van der Waals surface area contributed by atoms with E-state index in [4.69, 9.17) is 9.47 Å². The second-order valence-electron chi connectivity index (χ2n) is 10.9. The lowest BCUT2D eigenvalue weighted by molar-refractivity contribution is -0.161. The molecular formula is C25H36O6. The third-order valence-corrected chi connectivity index (χ3v) is 9.19. The molecule has 3 saturated carbocycles. The fraction of sp³-hybridized carbons (Fsp3) is 0.800. The van der Waals surface area contributed by atoms with Crippen LogP contribution in [0.2, 0.25) is 0 Å². The topological polar surface area (TPSA) is 89.9 Å². The van der Waals surface area contributed by atoms with Gasteiger partial charge in [-0.25, -0.2) is 0 Å². The fourth-order valence-corrected chi connectivity index (χ4v) is 7.94. The smallest absolute Gasteiger partial charge is 0.302 e. The van der Waals surface area contributed by atoms with Crippen molar-refractivity contribution in [1.29, 1.82) is 0 Å². The maximum Gasteiger partial charge on any atom is 0.302 e. The van der Waals surface area contributed by atoms with Gasteiger partial charge in [0.2, 0.25) is 0 Å². The lowest BCUT2D eigenvalue weighted by Crippen LogP contribution is -2.57. The molecule has 0 heterocycles. The van der Waals surface area contributed by atoms with Crippen LogP contribution in [0.3, 0.4) is 0 Å². The molecule has 0 saturated heterocycles. The zero-order valence-electron chi connectivity index (χ0n) is 19.3. The van der Waals surface area contributed by atoms with Gasteiger partial charge in [0.1, 0.15) is 18.0 Å². The third-order valence-electron chi connectivity index (χ3n) is 9.19. The Morgan fingerprint density at radius 1 is 1.03 bits per heavy atom. The van der Waals surface area contributed by atoms with Crippen LogP contribution in [-0.2, 0) is 23.9 Å². The molecule has 0 aromatic carbocycles. The summed E-state index contributed by atoms with van der Waals surface area (Å²) in [6.45, 7) is 8.95. The molecule has 0 aromatic heterocycles. The highest BCUT2D eigenvalue weighted by atomic mass is 16.5. The number of carbonyl (C=O) groups excluding carboxylic acids is 3. The number of aliphatic hydroxyl groups is 1. The van der Waals surface area contributed by atoms with Crippen LogP contribution < -0.4 is 0 Å². The van der Waals surface area contributed by atoms with Crippen molar-refractivity contribution >= 4 is 17.7 Å². The van der Waals surface area contributed by atoms with Gasteiger partial charge in [0.25, 0.3) is 0 Å². The molecule has 172 valence electrons. The molecule has 0 unspecified atom stereocenters. The second kappa shape index (κ2) is 7.72. The van der Waals surface area contributed by atoms with Gasteiger partial charge in [-0.3, -0.25) is 14.4 Å². The van der Waals surface area contributed by atoms with Gasteiger partial charge in [0.05, 0.1) is 6.10 Å². The van der Waals surface area contributed by atoms with Gasteiger partial charge in [0.15, 0.2) is 0 Å². The predicted octanol–water partition coefficient (Wildman–Crippen LogP) is 3.60. The minimum Gasteiger partial charge on any atom is -0.462 e. The van der Waals surface area contributed by atoms with E-state index in [-0.39, 0.29) is 64.4 Å². The summed E-state index contributed by atoms with van der Waals surface area (Å²) in [6.07, 6.45) is 5.63. The summed E-state index contributed by atoms with van der Waals surface area (Å²) in [7, 11) is 0. The van der Waals surface area contributed by atoms with Gasteiger partial charge < -0.3 is 14.6 Å². The molecule has 4 aliphatic carbocycles. The molecule has 0 spiro atoms. The zero-order valence-corrected chi connectivity index (χ0v) is 19.3. The molecule has 4 rings (SSSR count). The van der Waals surface area contributed by atoms with E-state index in [0.29, 0.717) is 12.8 Å². The molecule has 1 N–H and O–H groups in total. The van der Waals surface area contributed by atoms with Crippen LogP contribution in [0.25, 0.3) is 0 Å². The monoisotopic (exact) mass is 432 g/mol. The Hall–Kier alpha value is -1.69. The SMILES string of the molecule is CC(=O)O[C@H]1CC[C@@]2(C)C(=C[C@@H](O)[C@H]3[C@@H]4[C@@H](OC(C)=O)C[C@H](C(C)=O)[C@@]4(C)CC[C@@H]32)C1. The molecule has 0 bridgehead atoms. The Balaban J connectivity index is 1.70. The molecule has 0 aliphatic heterocycles. The molecule has 0 aromatic rings. The lowest BCUT2D eigenvalue weighted by atomic mass is 9.46. The minimum absolute atomic E-state index is 0.0418. The number of Topliss-reactive ketones (excluding diaryl/α,β-unsaturated/α-hetero) is 1. The Labute approximate surface area is 184 Å². The highest BCUT2D eigenvalue weighted by molar-refractivity contribution is 5.80. The normalized spacial score (nSPS) is 46.1. The number of hydrogen-bond acceptors (Lipinski definition) is 6. The average molecular weight is 433 g/mol. The maximum atomic E-state index is 12.5. The number of ether oxygens (including phenoxy) is 2. The fourth-order valence-electron chi connectivity index (χ4n) is 7.94. The summed E-state index contributed by atoms with van der Waals surface area (Å²) >= 11 is 0. The molecule has 0 radical (unpaired) electrons. The minimum atomic E-state index is -0.655. The van der Waals surface area contributed by atoms with Crippen LogP contribution in [0.4, 0.5) is 0 Å². The molecule has 6 nitrogen and oxygen atoms in total. The van der Waals surface area contributed by atoms with E-state index < -0.39 is 6.10 Å². The number of carbonyl (C=O) groups is 3. The molecule has 4 aliphatic rings. The average Bonchev–Trinajstić information content (AvgIpc) is 2.94. The molecule has 0 amide bonds. The lowest BCUT2D eigenvalue weighted by Gasteiger charge is -2.59. The highest BCUT2D eigenvalue weighted by Gasteiger charge is 2.65. The van der Waals surface area contributed by atoms with Crippen molar-refractivity contribution < 1.29 is 29.0 Å². The number of rotatable bonds is 3. The van der Waals surface area contributed by atoms with Gasteiger partial charge in [-0.15, -0.1) is 0 Å². The van der Waals surface area contributed by atoms with Crippen LogP contribution in [0.5, 0.6) is 0 Å². The van der Waals surface area contributed by atoms with Crippen LogP contribution in [-0.4, -0.2) is 41.1 Å². The van der Waals surface area contributed by atoms with Gasteiger partial charge in [0, 0.05) is 32.1 Å². The Kier molecular flexibility index (Phi) is 5.60. The first-order chi connectivity index (χ1) is 14.5. The maximum absolute atomic E-state index is 12.5. The van der Waals surface area contributed by atoms with E-state index >= 15 is 0 Å². The largest absolute Gasteiger partial charge is 0.462 e. The molecule has 31 heavy (non-hydrogen) atoms. The molecule has 6 heteroatoms. The first-order valence-electron chi connectivity index (χ1n) is 11.7. The number of aliphatic hydroxyl groups excluding tert-OH is 1. The second-order valence-corrected chi connectivity index (χ2v) is 10.9. The van der Waals surface area contributed by atoms with Crippen LogP contribution >= 0.6 is 0 Å². The molecular weight excluding hydrogens is 396 g/mol. The van der Waals surface area contributed by atoms with Crippen molar-refractivity contribution in [3.8, 4) is 0 Å². The predicted molar refractivity (Wildman–Crippen MR) is 114 cm³/mol. The first-order valence-corrected chi connectivity index (χ1v) is 11.7. The number of esters is 2. The van der Waals surface area contributed by atoms with E-state index in [0.717, 1.165) is 25.7 Å². The van der Waals surface area contributed by atoms with Crippen LogP contribution in [0, 0.1) is 34.5 Å². The summed E-state index contributed by atoms with van der Waals surface area (Å²) in [4.78, 5) is 35.9. The van der Waals surface area contributed by atoms with E-state index in [2.05, 4.69) is 13.8 Å². The summed E-state index contributed by atoms with van der Waals surface area (Å²) in [6, 6.07) is 0. The Bertz CT molecular complexity index is 817.